The first-order chi connectivity index (χ1) is 13.6. The predicted octanol–water partition coefficient (Wildman–Crippen LogP) is 5.12. The number of aryl methyl sites for hydroxylation is 1. The minimum Gasteiger partial charge on any atom is -0.360 e. The summed E-state index contributed by atoms with van der Waals surface area (Å²) in [6.45, 7) is 0. The minimum absolute atomic E-state index is 0.0864. The van der Waals surface area contributed by atoms with Crippen molar-refractivity contribution in [1.82, 2.24) is 9.78 Å². The summed E-state index contributed by atoms with van der Waals surface area (Å²) >= 11 is 11.8. The molecule has 0 fully saturated rings. The molecule has 0 radical (unpaired) electrons. The Labute approximate surface area is 175 Å². The molecule has 1 unspecified atom stereocenters. The fourth-order valence-corrected chi connectivity index (χ4v) is 3.40. The minimum atomic E-state index is -4.74. The van der Waals surface area contributed by atoms with Gasteiger partial charge in [-0.3, -0.25) is 0 Å². The second-order valence-corrected chi connectivity index (χ2v) is 7.25. The smallest absolute Gasteiger partial charge is 0.360 e. The Morgan fingerprint density at radius 3 is 2.17 bits per heavy atom. The van der Waals surface area contributed by atoms with Gasteiger partial charge >= 0.3 is 6.18 Å². The normalized spacial score (nSPS) is 14.3. The van der Waals surface area contributed by atoms with Gasteiger partial charge in [0.05, 0.1) is 7.05 Å². The number of alkyl halides is 3. The summed E-state index contributed by atoms with van der Waals surface area (Å²) in [6.07, 6.45) is 0.972. The van der Waals surface area contributed by atoms with Gasteiger partial charge in [0.2, 0.25) is 11.9 Å². The number of ether oxygens (including phenoxy) is 1. The van der Waals surface area contributed by atoms with Crippen molar-refractivity contribution in [3.63, 3.8) is 0 Å². The Morgan fingerprint density at radius 1 is 1.07 bits per heavy atom. The topological polar surface area (TPSA) is 30.9 Å². The van der Waals surface area contributed by atoms with Crippen molar-refractivity contribution in [1.29, 1.82) is 0 Å². The number of benzene rings is 2. The average Bonchev–Trinajstić information content (AvgIpc) is 3.07. The van der Waals surface area contributed by atoms with Crippen LogP contribution in [0.2, 0.25) is 10.0 Å². The number of nitrogens with zero attached hydrogens (tertiary/aromatic N) is 3. The standard InChI is InChI=1S/C20H17Cl2F3N3O/c1-27-12-26-28(13-27)18-5-3-14(4-6-18)7-8-19(29-2,20(23,24)25)15-9-16(21)11-17(22)10-15/h3-13H,1-2H3/q+1. The molecule has 1 atom stereocenters. The van der Waals surface area contributed by atoms with Crippen LogP contribution in [0.4, 0.5) is 13.2 Å². The Bertz CT molecular complexity index is 1010. The van der Waals surface area contributed by atoms with Crippen LogP contribution in [-0.4, -0.2) is 23.1 Å². The van der Waals surface area contributed by atoms with E-state index in [2.05, 4.69) is 5.10 Å². The van der Waals surface area contributed by atoms with Crippen LogP contribution in [0.5, 0.6) is 0 Å². The monoisotopic (exact) mass is 442 g/mol. The van der Waals surface area contributed by atoms with Crippen molar-refractivity contribution in [2.24, 2.45) is 7.05 Å². The van der Waals surface area contributed by atoms with Crippen molar-refractivity contribution < 1.29 is 22.5 Å². The average molecular weight is 443 g/mol. The summed E-state index contributed by atoms with van der Waals surface area (Å²) in [5.74, 6) is 0. The second kappa shape index (κ2) is 8.18. The molecule has 0 aliphatic carbocycles. The lowest BCUT2D eigenvalue weighted by Crippen LogP contribution is -2.42. The summed E-state index contributed by atoms with van der Waals surface area (Å²) < 4.78 is 50.5. The van der Waals surface area contributed by atoms with Crippen LogP contribution < -0.4 is 4.57 Å². The van der Waals surface area contributed by atoms with Crippen molar-refractivity contribution >= 4 is 29.3 Å². The molecule has 29 heavy (non-hydrogen) atoms. The third kappa shape index (κ3) is 4.47. The van der Waals surface area contributed by atoms with E-state index >= 15 is 0 Å². The van der Waals surface area contributed by atoms with E-state index in [1.807, 2.05) is 7.05 Å². The van der Waals surface area contributed by atoms with Gasteiger partial charge in [0, 0.05) is 22.3 Å². The number of hydrogen-bond acceptors (Lipinski definition) is 2. The highest BCUT2D eigenvalue weighted by Gasteiger charge is 2.55. The van der Waals surface area contributed by atoms with Crippen LogP contribution in [0, 0.1) is 0 Å². The van der Waals surface area contributed by atoms with Crippen LogP contribution in [0.15, 0.2) is 61.2 Å². The van der Waals surface area contributed by atoms with Gasteiger partial charge < -0.3 is 4.74 Å². The summed E-state index contributed by atoms with van der Waals surface area (Å²) in [5, 5.41) is 4.34. The van der Waals surface area contributed by atoms with E-state index < -0.39 is 11.8 Å². The van der Waals surface area contributed by atoms with E-state index in [0.717, 1.165) is 18.9 Å². The molecule has 2 aromatic carbocycles. The molecule has 3 rings (SSSR count). The highest BCUT2D eigenvalue weighted by molar-refractivity contribution is 6.34. The molecule has 0 saturated carbocycles. The Balaban J connectivity index is 1.98. The van der Waals surface area contributed by atoms with E-state index in [1.54, 1.807) is 46.2 Å². The highest BCUT2D eigenvalue weighted by atomic mass is 35.5. The third-order valence-corrected chi connectivity index (χ3v) is 4.79. The van der Waals surface area contributed by atoms with Crippen LogP contribution in [-0.2, 0) is 17.4 Å². The molecule has 0 bridgehead atoms. The SMILES string of the molecule is COC(C=Cc1ccc(-n2c[n+](C)cn2)cc1)(c1cc(Cl)cc(Cl)c1)C(F)(F)F. The van der Waals surface area contributed by atoms with Gasteiger partial charge in [-0.25, -0.2) is 4.57 Å². The van der Waals surface area contributed by atoms with Crippen LogP contribution >= 0.6 is 23.2 Å². The van der Waals surface area contributed by atoms with Gasteiger partial charge in [-0.1, -0.05) is 46.1 Å². The zero-order chi connectivity index (χ0) is 21.2. The molecule has 4 nitrogen and oxygen atoms in total. The molecule has 152 valence electrons. The lowest BCUT2D eigenvalue weighted by molar-refractivity contribution is -0.672. The maximum Gasteiger partial charge on any atom is 0.425 e. The first-order valence-electron chi connectivity index (χ1n) is 8.43. The summed E-state index contributed by atoms with van der Waals surface area (Å²) in [6, 6.07) is 10.6. The van der Waals surface area contributed by atoms with Crippen molar-refractivity contribution in [2.45, 2.75) is 11.8 Å². The number of methoxy groups -OCH3 is 1. The lowest BCUT2D eigenvalue weighted by atomic mass is 9.91. The maximum absolute atomic E-state index is 14.0. The molecule has 3 aromatic rings. The van der Waals surface area contributed by atoms with Crippen LogP contribution in [0.1, 0.15) is 11.1 Å². The van der Waals surface area contributed by atoms with E-state index in [0.29, 0.717) is 5.56 Å². The number of hydrogen-bond donors (Lipinski definition) is 0. The highest BCUT2D eigenvalue weighted by Crippen LogP contribution is 2.44. The molecule has 1 heterocycles. The molecular formula is C20H17Cl2F3N3O+. The van der Waals surface area contributed by atoms with Crippen molar-refractivity contribution in [3.05, 3.63) is 82.4 Å². The third-order valence-electron chi connectivity index (χ3n) is 4.35. The molecule has 0 aliphatic heterocycles. The Kier molecular flexibility index (Phi) is 6.03. The van der Waals surface area contributed by atoms with Crippen molar-refractivity contribution in [2.75, 3.05) is 7.11 Å². The summed E-state index contributed by atoms with van der Waals surface area (Å²) in [4.78, 5) is 0. The molecule has 0 aliphatic rings. The van der Waals surface area contributed by atoms with E-state index in [1.165, 1.54) is 24.3 Å². The first-order valence-corrected chi connectivity index (χ1v) is 9.18. The number of halogens is 5. The molecule has 1 aromatic heterocycles. The molecule has 9 heteroatoms. The van der Waals surface area contributed by atoms with Crippen molar-refractivity contribution in [3.8, 4) is 5.69 Å². The van der Waals surface area contributed by atoms with Gasteiger partial charge in [-0.2, -0.15) is 13.2 Å². The molecule has 0 saturated heterocycles. The van der Waals surface area contributed by atoms with Gasteiger partial charge in [-0.15, -0.1) is 0 Å². The fourth-order valence-electron chi connectivity index (χ4n) is 2.88. The first kappa shape index (κ1) is 21.4. The Hall–Kier alpha value is -2.35. The van der Waals surface area contributed by atoms with E-state index in [-0.39, 0.29) is 15.6 Å². The summed E-state index contributed by atoms with van der Waals surface area (Å²) in [5.41, 5.74) is -1.57. The fraction of sp³-hybridized carbons (Fsp3) is 0.200. The molecular weight excluding hydrogens is 426 g/mol. The quantitative estimate of drug-likeness (QED) is 0.513. The zero-order valence-corrected chi connectivity index (χ0v) is 17.0. The predicted molar refractivity (Wildman–Crippen MR) is 105 cm³/mol. The Morgan fingerprint density at radius 2 is 1.69 bits per heavy atom. The largest absolute Gasteiger partial charge is 0.425 e. The molecule has 0 amide bonds. The van der Waals surface area contributed by atoms with Gasteiger partial charge in [0.1, 0.15) is 5.69 Å². The van der Waals surface area contributed by atoms with Crippen LogP contribution in [0.3, 0.4) is 0 Å². The summed E-state index contributed by atoms with van der Waals surface area (Å²) in [7, 11) is 2.83. The zero-order valence-electron chi connectivity index (χ0n) is 15.5. The van der Waals surface area contributed by atoms with E-state index in [4.69, 9.17) is 27.9 Å². The van der Waals surface area contributed by atoms with E-state index in [9.17, 15) is 13.2 Å². The molecule has 0 N–H and O–H groups in total. The second-order valence-electron chi connectivity index (χ2n) is 6.38. The number of aromatic nitrogens is 3. The van der Waals surface area contributed by atoms with Gasteiger partial charge in [-0.05, 0) is 47.5 Å². The number of rotatable bonds is 5. The maximum atomic E-state index is 14.0. The van der Waals surface area contributed by atoms with Crippen LogP contribution in [0.25, 0.3) is 11.8 Å². The lowest BCUT2D eigenvalue weighted by Gasteiger charge is -2.32. The molecule has 0 spiro atoms. The van der Waals surface area contributed by atoms with Gasteiger partial charge in [0.15, 0.2) is 0 Å². The van der Waals surface area contributed by atoms with Gasteiger partial charge in [0.25, 0.3) is 6.33 Å².